The second-order valence-electron chi connectivity index (χ2n) is 6.25. The quantitative estimate of drug-likeness (QED) is 0.446. The minimum absolute atomic E-state index is 0.0679. The lowest BCUT2D eigenvalue weighted by molar-refractivity contribution is -0.384. The maximum Gasteiger partial charge on any atom is 0.270 e. The molecule has 4 rings (SSSR count). The number of hydrogen-bond donors (Lipinski definition) is 1. The number of fused-ring (bicyclic) bond motifs is 1. The van der Waals surface area contributed by atoms with Crippen molar-refractivity contribution in [2.24, 2.45) is 0 Å². The number of rotatable bonds is 5. The number of aromatic nitrogens is 1. The molecule has 152 valence electrons. The molecule has 3 aromatic rings. The number of non-ortho nitro benzene ring substituents is 1. The zero-order chi connectivity index (χ0) is 20.8. The van der Waals surface area contributed by atoms with Gasteiger partial charge in [0.05, 0.1) is 19.5 Å². The number of nitrogens with zero attached hydrogens (tertiary/aromatic N) is 3. The molecule has 1 saturated heterocycles. The van der Waals surface area contributed by atoms with Crippen molar-refractivity contribution in [2.75, 3.05) is 11.9 Å². The first-order chi connectivity index (χ1) is 13.8. The maximum atomic E-state index is 12.9. The molecule has 1 N–H and O–H groups in total. The Balaban J connectivity index is 1.56. The molecule has 1 unspecified atom stereocenters. The molecule has 0 aliphatic carbocycles. The van der Waals surface area contributed by atoms with Gasteiger partial charge in [0.15, 0.2) is 5.13 Å². The van der Waals surface area contributed by atoms with Crippen molar-refractivity contribution < 1.29 is 18.1 Å². The van der Waals surface area contributed by atoms with Crippen LogP contribution in [0.5, 0.6) is 0 Å². The van der Waals surface area contributed by atoms with Gasteiger partial charge in [-0.05, 0) is 31.0 Å². The lowest BCUT2D eigenvalue weighted by Gasteiger charge is -2.22. The third-order valence-electron chi connectivity index (χ3n) is 4.43. The Morgan fingerprint density at radius 2 is 2.10 bits per heavy atom. The van der Waals surface area contributed by atoms with Crippen LogP contribution in [0.2, 0.25) is 4.34 Å². The third kappa shape index (κ3) is 3.85. The van der Waals surface area contributed by atoms with Crippen LogP contribution in [0.4, 0.5) is 10.8 Å². The summed E-state index contributed by atoms with van der Waals surface area (Å²) in [5.41, 5.74) is 0.446. The van der Waals surface area contributed by atoms with Crippen molar-refractivity contribution in [3.8, 4) is 0 Å². The van der Waals surface area contributed by atoms with E-state index in [1.54, 1.807) is 0 Å². The summed E-state index contributed by atoms with van der Waals surface area (Å²) in [7, 11) is -3.83. The highest BCUT2D eigenvalue weighted by Crippen LogP contribution is 2.33. The lowest BCUT2D eigenvalue weighted by atomic mass is 10.2. The number of nitrogens with one attached hydrogen (secondary N) is 1. The molecule has 2 aromatic heterocycles. The molecule has 9 nitrogen and oxygen atoms in total. The van der Waals surface area contributed by atoms with E-state index in [4.69, 9.17) is 11.6 Å². The van der Waals surface area contributed by atoms with Gasteiger partial charge in [0.25, 0.3) is 15.7 Å². The Bertz CT molecular complexity index is 1220. The standard InChI is InChI=1S/C16H13ClN4O5S3/c17-13-5-6-14(28-13)29(25,26)20-7-1-2-11(20)15(22)19-16-18-10-4-3-9(21(23)24)8-12(10)27-16/h3-6,8,11H,1-2,7H2,(H,18,19,22). The number of carbonyl (C=O) groups excluding carboxylic acids is 1. The van der Waals surface area contributed by atoms with E-state index in [-0.39, 0.29) is 21.6 Å². The van der Waals surface area contributed by atoms with Gasteiger partial charge in [0.1, 0.15) is 10.3 Å². The molecule has 13 heteroatoms. The van der Waals surface area contributed by atoms with Gasteiger partial charge in [0.2, 0.25) is 5.91 Å². The van der Waals surface area contributed by atoms with Crippen LogP contribution in [0, 0.1) is 10.1 Å². The van der Waals surface area contributed by atoms with Crippen LogP contribution in [0.15, 0.2) is 34.5 Å². The van der Waals surface area contributed by atoms with Crippen molar-refractivity contribution in [3.05, 3.63) is 44.8 Å². The average Bonchev–Trinajstić information content (AvgIpc) is 3.39. The monoisotopic (exact) mass is 472 g/mol. The van der Waals surface area contributed by atoms with Crippen molar-refractivity contribution in [1.82, 2.24) is 9.29 Å². The summed E-state index contributed by atoms with van der Waals surface area (Å²) in [4.78, 5) is 27.4. The van der Waals surface area contributed by atoms with Crippen molar-refractivity contribution in [3.63, 3.8) is 0 Å². The van der Waals surface area contributed by atoms with E-state index in [9.17, 15) is 23.3 Å². The predicted molar refractivity (Wildman–Crippen MR) is 111 cm³/mol. The molecule has 0 spiro atoms. The maximum absolute atomic E-state index is 12.9. The minimum Gasteiger partial charge on any atom is -0.301 e. The van der Waals surface area contributed by atoms with Crippen LogP contribution in [0.25, 0.3) is 10.2 Å². The van der Waals surface area contributed by atoms with Crippen LogP contribution in [-0.2, 0) is 14.8 Å². The second kappa shape index (κ2) is 7.61. The zero-order valence-corrected chi connectivity index (χ0v) is 17.8. The predicted octanol–water partition coefficient (Wildman–Crippen LogP) is 3.71. The molecule has 0 saturated carbocycles. The minimum atomic E-state index is -3.83. The number of benzene rings is 1. The van der Waals surface area contributed by atoms with E-state index in [2.05, 4.69) is 10.3 Å². The number of anilines is 1. The Morgan fingerprint density at radius 1 is 1.31 bits per heavy atom. The van der Waals surface area contributed by atoms with Crippen molar-refractivity contribution >= 4 is 71.2 Å². The smallest absolute Gasteiger partial charge is 0.270 e. The first-order valence-corrected chi connectivity index (χ1v) is 11.8. The number of hydrogen-bond acceptors (Lipinski definition) is 8. The molecule has 1 fully saturated rings. The van der Waals surface area contributed by atoms with Gasteiger partial charge < -0.3 is 5.32 Å². The topological polar surface area (TPSA) is 123 Å². The highest BCUT2D eigenvalue weighted by Gasteiger charge is 2.40. The first kappa shape index (κ1) is 20.2. The van der Waals surface area contributed by atoms with Crippen LogP contribution < -0.4 is 5.32 Å². The zero-order valence-electron chi connectivity index (χ0n) is 14.6. The Kier molecular flexibility index (Phi) is 5.29. The molecular weight excluding hydrogens is 460 g/mol. The number of thiazole rings is 1. The highest BCUT2D eigenvalue weighted by atomic mass is 35.5. The molecule has 1 aliphatic rings. The number of carbonyl (C=O) groups is 1. The number of amides is 1. The van der Waals surface area contributed by atoms with Crippen LogP contribution in [-0.4, -0.2) is 41.1 Å². The Morgan fingerprint density at radius 3 is 2.79 bits per heavy atom. The van der Waals surface area contributed by atoms with Crippen molar-refractivity contribution in [1.29, 1.82) is 0 Å². The fourth-order valence-corrected chi connectivity index (χ4v) is 7.28. The lowest BCUT2D eigenvalue weighted by Crippen LogP contribution is -2.42. The summed E-state index contributed by atoms with van der Waals surface area (Å²) in [6.07, 6.45) is 0.947. The third-order valence-corrected chi connectivity index (χ3v) is 8.97. The molecule has 29 heavy (non-hydrogen) atoms. The number of sulfonamides is 1. The van der Waals surface area contributed by atoms with Crippen LogP contribution >= 0.6 is 34.3 Å². The van der Waals surface area contributed by atoms with Gasteiger partial charge in [-0.15, -0.1) is 11.3 Å². The van der Waals surface area contributed by atoms with E-state index < -0.39 is 26.9 Å². The van der Waals surface area contributed by atoms with E-state index in [1.165, 1.54) is 34.6 Å². The highest BCUT2D eigenvalue weighted by molar-refractivity contribution is 7.91. The molecule has 1 aromatic carbocycles. The summed E-state index contributed by atoms with van der Waals surface area (Å²) < 4.78 is 27.9. The molecular formula is C16H13ClN4O5S3. The summed E-state index contributed by atoms with van der Waals surface area (Å²) in [5, 5.41) is 13.8. The number of halogens is 1. The van der Waals surface area contributed by atoms with E-state index >= 15 is 0 Å². The van der Waals surface area contributed by atoms with Gasteiger partial charge in [0, 0.05) is 18.7 Å². The Hall–Kier alpha value is -2.12. The van der Waals surface area contributed by atoms with Crippen molar-refractivity contribution in [2.45, 2.75) is 23.1 Å². The largest absolute Gasteiger partial charge is 0.301 e. The van der Waals surface area contributed by atoms with Gasteiger partial charge in [-0.25, -0.2) is 13.4 Å². The van der Waals surface area contributed by atoms with E-state index in [0.717, 1.165) is 22.7 Å². The van der Waals surface area contributed by atoms with Gasteiger partial charge in [-0.1, -0.05) is 22.9 Å². The summed E-state index contributed by atoms with van der Waals surface area (Å²) >= 11 is 7.89. The summed E-state index contributed by atoms with van der Waals surface area (Å²) in [6.45, 7) is 0.238. The summed E-state index contributed by atoms with van der Waals surface area (Å²) in [5.74, 6) is -0.484. The molecule has 1 atom stereocenters. The Labute approximate surface area is 178 Å². The van der Waals surface area contributed by atoms with Gasteiger partial charge in [-0.2, -0.15) is 4.31 Å². The molecule has 1 amide bonds. The molecule has 3 heterocycles. The number of nitro groups is 1. The SMILES string of the molecule is O=C(Nc1nc2ccc([N+](=O)[O-])cc2s1)C1CCCN1S(=O)(=O)c1ccc(Cl)s1. The number of nitro benzene ring substituents is 1. The first-order valence-electron chi connectivity index (χ1n) is 8.39. The van der Waals surface area contributed by atoms with Gasteiger partial charge in [-0.3, -0.25) is 14.9 Å². The van der Waals surface area contributed by atoms with Gasteiger partial charge >= 0.3 is 0 Å². The second-order valence-corrected chi connectivity index (χ2v) is 11.1. The molecule has 0 radical (unpaired) electrons. The van der Waals surface area contributed by atoms with Crippen LogP contribution in [0.1, 0.15) is 12.8 Å². The van der Waals surface area contributed by atoms with E-state index in [1.807, 2.05) is 0 Å². The van der Waals surface area contributed by atoms with Crippen LogP contribution in [0.3, 0.4) is 0 Å². The molecule has 0 bridgehead atoms. The normalized spacial score (nSPS) is 17.6. The average molecular weight is 473 g/mol. The molecule has 1 aliphatic heterocycles. The fourth-order valence-electron chi connectivity index (χ4n) is 3.11. The summed E-state index contributed by atoms with van der Waals surface area (Å²) in [6, 6.07) is 6.30. The van der Waals surface area contributed by atoms with E-state index in [0.29, 0.717) is 27.4 Å². The fraction of sp³-hybridized carbons (Fsp3) is 0.250. The number of thiophene rings is 1.